The van der Waals surface area contributed by atoms with Crippen LogP contribution in [0.15, 0.2) is 24.3 Å². The first-order valence-corrected chi connectivity index (χ1v) is 8.63. The minimum atomic E-state index is -4.42. The van der Waals surface area contributed by atoms with Gasteiger partial charge >= 0.3 is 12.2 Å². The van der Waals surface area contributed by atoms with E-state index in [1.807, 2.05) is 0 Å². The summed E-state index contributed by atoms with van der Waals surface area (Å²) in [5.74, 6) is 0. The van der Waals surface area contributed by atoms with Crippen LogP contribution in [0.25, 0.3) is 0 Å². The molecule has 1 aliphatic heterocycles. The van der Waals surface area contributed by atoms with Gasteiger partial charge < -0.3 is 15.1 Å². The normalized spacial score (nSPS) is 18.8. The number of likely N-dealkylation sites (tertiary alicyclic amines) is 1. The number of benzene rings is 1. The van der Waals surface area contributed by atoms with Crippen molar-refractivity contribution in [3.05, 3.63) is 35.4 Å². The lowest BCUT2D eigenvalue weighted by Crippen LogP contribution is -2.41. The average Bonchev–Trinajstić information content (AvgIpc) is 2.56. The second-order valence-electron chi connectivity index (χ2n) is 6.66. The van der Waals surface area contributed by atoms with E-state index in [0.717, 1.165) is 25.5 Å². The Balaban J connectivity index is 1.84. The molecule has 1 N–H and O–H groups in total. The largest absolute Gasteiger partial charge is 0.416 e. The van der Waals surface area contributed by atoms with Crippen LogP contribution in [0.2, 0.25) is 0 Å². The molecule has 1 aromatic rings. The number of nitrogens with one attached hydrogen (secondary N) is 1. The van der Waals surface area contributed by atoms with Crippen LogP contribution >= 0.6 is 0 Å². The fourth-order valence-electron chi connectivity index (χ4n) is 3.25. The number of nitrogens with zero attached hydrogens (tertiary/aromatic N) is 2. The fourth-order valence-corrected chi connectivity index (χ4v) is 3.25. The van der Waals surface area contributed by atoms with Crippen molar-refractivity contribution >= 4 is 6.03 Å². The fraction of sp³-hybridized carbons (Fsp3) is 0.611. The van der Waals surface area contributed by atoms with Crippen LogP contribution in [-0.2, 0) is 12.7 Å². The van der Waals surface area contributed by atoms with E-state index in [0.29, 0.717) is 12.6 Å². The zero-order chi connectivity index (χ0) is 18.4. The van der Waals surface area contributed by atoms with Gasteiger partial charge in [0.25, 0.3) is 0 Å². The Hall–Kier alpha value is -1.76. The molecule has 1 aromatic carbocycles. The number of carbonyl (C=O) groups is 1. The van der Waals surface area contributed by atoms with Gasteiger partial charge in [-0.3, -0.25) is 0 Å². The molecule has 2 rings (SSSR count). The van der Waals surface area contributed by atoms with E-state index in [1.165, 1.54) is 36.9 Å². The van der Waals surface area contributed by atoms with Gasteiger partial charge in [-0.2, -0.15) is 13.2 Å². The topological polar surface area (TPSA) is 35.6 Å². The predicted molar refractivity (Wildman–Crippen MR) is 91.2 cm³/mol. The second kappa shape index (κ2) is 8.56. The third-order valence-corrected chi connectivity index (χ3v) is 4.75. The molecular formula is C18H26F3N3O. The smallest absolute Gasteiger partial charge is 0.338 e. The second-order valence-corrected chi connectivity index (χ2v) is 6.66. The van der Waals surface area contributed by atoms with Crippen molar-refractivity contribution in [1.82, 2.24) is 15.1 Å². The monoisotopic (exact) mass is 357 g/mol. The van der Waals surface area contributed by atoms with Crippen LogP contribution in [0.4, 0.5) is 18.0 Å². The zero-order valence-electron chi connectivity index (χ0n) is 14.8. The van der Waals surface area contributed by atoms with Gasteiger partial charge in [0.05, 0.1) is 5.56 Å². The molecule has 1 saturated heterocycles. The number of amides is 2. The van der Waals surface area contributed by atoms with E-state index >= 15 is 0 Å². The molecule has 0 unspecified atom stereocenters. The quantitative estimate of drug-likeness (QED) is 0.872. The molecule has 0 aromatic heterocycles. The summed E-state index contributed by atoms with van der Waals surface area (Å²) in [5.41, 5.74) is -0.599. The number of rotatable bonds is 5. The number of hydrogen-bond acceptors (Lipinski definition) is 2. The van der Waals surface area contributed by atoms with Crippen LogP contribution in [0.3, 0.4) is 0 Å². The van der Waals surface area contributed by atoms with Gasteiger partial charge in [-0.25, -0.2) is 4.79 Å². The van der Waals surface area contributed by atoms with Gasteiger partial charge in [0.2, 0.25) is 0 Å². The molecule has 0 saturated carbocycles. The van der Waals surface area contributed by atoms with Gasteiger partial charge in [0.1, 0.15) is 0 Å². The van der Waals surface area contributed by atoms with Gasteiger partial charge in [-0.15, -0.1) is 0 Å². The molecule has 0 radical (unpaired) electrons. The number of urea groups is 1. The first-order valence-electron chi connectivity index (χ1n) is 8.63. The number of halogens is 3. The van der Waals surface area contributed by atoms with Gasteiger partial charge in [-0.05, 0) is 44.5 Å². The highest BCUT2D eigenvalue weighted by Crippen LogP contribution is 2.32. The zero-order valence-corrected chi connectivity index (χ0v) is 14.8. The maximum Gasteiger partial charge on any atom is 0.416 e. The van der Waals surface area contributed by atoms with Crippen molar-refractivity contribution in [2.75, 3.05) is 27.2 Å². The van der Waals surface area contributed by atoms with E-state index in [1.54, 1.807) is 6.07 Å². The van der Waals surface area contributed by atoms with Crippen molar-refractivity contribution in [2.45, 2.75) is 44.4 Å². The standard InChI is InChI=1S/C18H26F3N3O/c1-23-12-6-5-8-15(23)10-11-22-17(25)24(2)13-14-7-3-4-9-16(14)18(19,20)21/h3-4,7,9,15H,5-6,8,10-13H2,1-2H3,(H,22,25)/t15-/m0/s1. The number of alkyl halides is 3. The lowest BCUT2D eigenvalue weighted by molar-refractivity contribution is -0.138. The van der Waals surface area contributed by atoms with Crippen molar-refractivity contribution in [1.29, 1.82) is 0 Å². The van der Waals surface area contributed by atoms with Crippen LogP contribution in [-0.4, -0.2) is 49.1 Å². The summed E-state index contributed by atoms with van der Waals surface area (Å²) in [4.78, 5) is 15.7. The molecule has 0 bridgehead atoms. The van der Waals surface area contributed by atoms with Crippen molar-refractivity contribution in [3.63, 3.8) is 0 Å². The Morgan fingerprint density at radius 2 is 2.04 bits per heavy atom. The summed E-state index contributed by atoms with van der Waals surface area (Å²) in [6, 6.07) is 5.46. The average molecular weight is 357 g/mol. The van der Waals surface area contributed by atoms with Crippen molar-refractivity contribution in [2.24, 2.45) is 0 Å². The highest BCUT2D eigenvalue weighted by Gasteiger charge is 2.33. The molecule has 0 aliphatic carbocycles. The highest BCUT2D eigenvalue weighted by atomic mass is 19.4. The summed E-state index contributed by atoms with van der Waals surface area (Å²) in [7, 11) is 3.60. The first-order chi connectivity index (χ1) is 11.8. The Bertz CT molecular complexity index is 577. The minimum absolute atomic E-state index is 0.0785. The maximum atomic E-state index is 13.0. The van der Waals surface area contributed by atoms with Crippen LogP contribution in [0, 0.1) is 0 Å². The van der Waals surface area contributed by atoms with E-state index in [2.05, 4.69) is 17.3 Å². The Kier molecular flexibility index (Phi) is 6.70. The lowest BCUT2D eigenvalue weighted by Gasteiger charge is -2.32. The number of piperidine rings is 1. The summed E-state index contributed by atoms with van der Waals surface area (Å²) < 4.78 is 39.1. The summed E-state index contributed by atoms with van der Waals surface area (Å²) >= 11 is 0. The maximum absolute atomic E-state index is 13.0. The van der Waals surface area contributed by atoms with E-state index in [-0.39, 0.29) is 18.1 Å². The third-order valence-electron chi connectivity index (χ3n) is 4.75. The predicted octanol–water partition coefficient (Wildman–Crippen LogP) is 3.72. The molecule has 140 valence electrons. The summed E-state index contributed by atoms with van der Waals surface area (Å²) in [6.45, 7) is 1.52. The van der Waals surface area contributed by atoms with Gasteiger partial charge in [-0.1, -0.05) is 24.6 Å². The molecule has 4 nitrogen and oxygen atoms in total. The number of hydrogen-bond donors (Lipinski definition) is 1. The van der Waals surface area contributed by atoms with Gasteiger partial charge in [0, 0.05) is 26.2 Å². The Morgan fingerprint density at radius 3 is 2.72 bits per heavy atom. The van der Waals surface area contributed by atoms with Gasteiger partial charge in [0.15, 0.2) is 0 Å². The first kappa shape index (κ1) is 19.6. The van der Waals surface area contributed by atoms with Crippen LogP contribution in [0.5, 0.6) is 0 Å². The molecule has 0 spiro atoms. The highest BCUT2D eigenvalue weighted by molar-refractivity contribution is 5.73. The molecule has 7 heteroatoms. The van der Waals surface area contributed by atoms with E-state index < -0.39 is 11.7 Å². The van der Waals surface area contributed by atoms with E-state index in [4.69, 9.17) is 0 Å². The lowest BCUT2D eigenvalue weighted by atomic mass is 10.0. The molecule has 25 heavy (non-hydrogen) atoms. The summed E-state index contributed by atoms with van der Waals surface area (Å²) in [6.07, 6.45) is -0.0202. The Morgan fingerprint density at radius 1 is 1.32 bits per heavy atom. The minimum Gasteiger partial charge on any atom is -0.338 e. The number of carbonyl (C=O) groups excluding carboxylic acids is 1. The molecule has 2 amide bonds. The van der Waals surface area contributed by atoms with Crippen LogP contribution < -0.4 is 5.32 Å². The molecule has 1 heterocycles. The van der Waals surface area contributed by atoms with Crippen LogP contribution in [0.1, 0.15) is 36.8 Å². The van der Waals surface area contributed by atoms with Crippen molar-refractivity contribution in [3.8, 4) is 0 Å². The van der Waals surface area contributed by atoms with Crippen molar-refractivity contribution < 1.29 is 18.0 Å². The Labute approximate surface area is 147 Å². The SMILES string of the molecule is CN(Cc1ccccc1C(F)(F)F)C(=O)NCC[C@@H]1CCCCN1C. The third kappa shape index (κ3) is 5.63. The molecule has 1 atom stereocenters. The molecular weight excluding hydrogens is 331 g/mol. The van der Waals surface area contributed by atoms with E-state index in [9.17, 15) is 18.0 Å². The molecule has 1 fully saturated rings. The molecule has 1 aliphatic rings. The summed E-state index contributed by atoms with van der Waals surface area (Å²) in [5, 5.41) is 2.81.